The van der Waals surface area contributed by atoms with Crippen LogP contribution < -0.4 is 0 Å². The van der Waals surface area contributed by atoms with Crippen molar-refractivity contribution < 1.29 is 10.2 Å². The Labute approximate surface area is 77.8 Å². The number of nitrogens with one attached hydrogen (secondary N) is 1. The van der Waals surface area contributed by atoms with E-state index in [1.54, 1.807) is 6.07 Å². The number of nitrogens with zero attached hydrogens (tertiary/aromatic N) is 1. The van der Waals surface area contributed by atoms with Gasteiger partial charge in [0.25, 0.3) is 0 Å². The lowest BCUT2D eigenvalue weighted by Gasteiger charge is -2.07. The van der Waals surface area contributed by atoms with Crippen LogP contribution in [0.5, 0.6) is 11.8 Å². The fraction of sp³-hybridized carbons (Fsp3) is 0.556. The molecule has 0 unspecified atom stereocenters. The highest BCUT2D eigenvalue weighted by Gasteiger charge is 2.05. The lowest BCUT2D eigenvalue weighted by atomic mass is 10.2. The second kappa shape index (κ2) is 4.18. The van der Waals surface area contributed by atoms with E-state index in [-0.39, 0.29) is 11.8 Å². The van der Waals surface area contributed by atoms with Gasteiger partial charge in [-0.2, -0.15) is 0 Å². The Kier molecular flexibility index (Phi) is 3.19. The van der Waals surface area contributed by atoms with Gasteiger partial charge in [-0.05, 0) is 33.5 Å². The van der Waals surface area contributed by atoms with Crippen molar-refractivity contribution in [2.45, 2.75) is 12.8 Å². The van der Waals surface area contributed by atoms with Crippen LogP contribution in [0.15, 0.2) is 6.07 Å². The summed E-state index contributed by atoms with van der Waals surface area (Å²) in [6, 6.07) is 1.56. The first-order valence-electron chi connectivity index (χ1n) is 4.34. The number of aromatic amines is 1. The fourth-order valence-corrected chi connectivity index (χ4v) is 1.25. The fourth-order valence-electron chi connectivity index (χ4n) is 1.25. The number of rotatable bonds is 4. The third-order valence-electron chi connectivity index (χ3n) is 1.91. The van der Waals surface area contributed by atoms with Crippen molar-refractivity contribution in [1.29, 1.82) is 0 Å². The van der Waals surface area contributed by atoms with Crippen LogP contribution in [0.25, 0.3) is 0 Å². The first-order chi connectivity index (χ1) is 6.09. The standard InChI is InChI=1S/C9H16N2O2/c1-11(2)5-3-4-7-6-8(12)10-9(7)13/h6,10,12-13H,3-5H2,1-2H3. The smallest absolute Gasteiger partial charge is 0.194 e. The van der Waals surface area contributed by atoms with Crippen LogP contribution in [0.1, 0.15) is 12.0 Å². The highest BCUT2D eigenvalue weighted by Crippen LogP contribution is 2.22. The lowest BCUT2D eigenvalue weighted by molar-refractivity contribution is 0.396. The molecule has 0 aliphatic rings. The lowest BCUT2D eigenvalue weighted by Crippen LogP contribution is -2.13. The maximum atomic E-state index is 9.27. The van der Waals surface area contributed by atoms with Gasteiger partial charge in [-0.3, -0.25) is 4.98 Å². The molecule has 0 amide bonds. The van der Waals surface area contributed by atoms with Gasteiger partial charge in [0, 0.05) is 11.6 Å². The molecule has 0 aromatic carbocycles. The van der Waals surface area contributed by atoms with Gasteiger partial charge >= 0.3 is 0 Å². The summed E-state index contributed by atoms with van der Waals surface area (Å²) < 4.78 is 0. The van der Waals surface area contributed by atoms with Crippen LogP contribution in [0.2, 0.25) is 0 Å². The largest absolute Gasteiger partial charge is 0.495 e. The van der Waals surface area contributed by atoms with Crippen LogP contribution in [0.3, 0.4) is 0 Å². The summed E-state index contributed by atoms with van der Waals surface area (Å²) in [6.07, 6.45) is 1.75. The summed E-state index contributed by atoms with van der Waals surface area (Å²) in [7, 11) is 4.02. The Morgan fingerprint density at radius 2 is 2.08 bits per heavy atom. The average molecular weight is 184 g/mol. The van der Waals surface area contributed by atoms with E-state index in [0.29, 0.717) is 0 Å². The molecule has 0 spiro atoms. The van der Waals surface area contributed by atoms with E-state index in [1.165, 1.54) is 0 Å². The van der Waals surface area contributed by atoms with E-state index in [2.05, 4.69) is 9.88 Å². The van der Waals surface area contributed by atoms with Gasteiger partial charge in [-0.1, -0.05) is 0 Å². The van der Waals surface area contributed by atoms with Gasteiger partial charge < -0.3 is 15.1 Å². The maximum absolute atomic E-state index is 9.27. The van der Waals surface area contributed by atoms with Crippen molar-refractivity contribution >= 4 is 0 Å². The van der Waals surface area contributed by atoms with Crippen LogP contribution in [0, 0.1) is 0 Å². The zero-order valence-corrected chi connectivity index (χ0v) is 8.04. The van der Waals surface area contributed by atoms with Crippen LogP contribution >= 0.6 is 0 Å². The minimum atomic E-state index is 0.0253. The number of H-pyrrole nitrogens is 1. The second-order valence-electron chi connectivity index (χ2n) is 3.44. The van der Waals surface area contributed by atoms with Crippen molar-refractivity contribution in [1.82, 2.24) is 9.88 Å². The number of hydrogen-bond donors (Lipinski definition) is 3. The normalized spacial score (nSPS) is 11.0. The van der Waals surface area contributed by atoms with Gasteiger partial charge in [0.05, 0.1) is 0 Å². The minimum Gasteiger partial charge on any atom is -0.495 e. The van der Waals surface area contributed by atoms with E-state index in [9.17, 15) is 5.11 Å². The first-order valence-corrected chi connectivity index (χ1v) is 4.34. The molecule has 0 saturated heterocycles. The van der Waals surface area contributed by atoms with Gasteiger partial charge in [-0.15, -0.1) is 0 Å². The van der Waals surface area contributed by atoms with Crippen LogP contribution in [0.4, 0.5) is 0 Å². The number of hydrogen-bond acceptors (Lipinski definition) is 3. The zero-order valence-electron chi connectivity index (χ0n) is 8.04. The predicted molar refractivity (Wildman–Crippen MR) is 51.0 cm³/mol. The summed E-state index contributed by atoms with van der Waals surface area (Å²) in [5.74, 6) is 0.105. The van der Waals surface area contributed by atoms with E-state index in [4.69, 9.17) is 5.11 Å². The summed E-state index contributed by atoms with van der Waals surface area (Å²) in [5.41, 5.74) is 0.777. The molecule has 74 valence electrons. The van der Waals surface area contributed by atoms with Crippen LogP contribution in [-0.2, 0) is 6.42 Å². The molecule has 4 heteroatoms. The van der Waals surface area contributed by atoms with E-state index in [1.807, 2.05) is 14.1 Å². The molecule has 1 aromatic heterocycles. The molecule has 0 aliphatic heterocycles. The zero-order chi connectivity index (χ0) is 9.84. The van der Waals surface area contributed by atoms with Gasteiger partial charge in [0.15, 0.2) is 11.8 Å². The molecular weight excluding hydrogens is 168 g/mol. The molecule has 3 N–H and O–H groups in total. The molecule has 0 bridgehead atoms. The number of aromatic nitrogens is 1. The van der Waals surface area contributed by atoms with E-state index in [0.717, 1.165) is 24.9 Å². The van der Waals surface area contributed by atoms with Gasteiger partial charge in [0.1, 0.15) is 0 Å². The van der Waals surface area contributed by atoms with Crippen molar-refractivity contribution in [3.8, 4) is 11.8 Å². The summed E-state index contributed by atoms with van der Waals surface area (Å²) in [4.78, 5) is 4.53. The molecule has 0 radical (unpaired) electrons. The molecule has 0 atom stereocenters. The molecule has 4 nitrogen and oxygen atoms in total. The predicted octanol–water partition coefficient (Wildman–Crippen LogP) is 0.920. The number of aromatic hydroxyl groups is 2. The average Bonchev–Trinajstić information content (AvgIpc) is 2.29. The maximum Gasteiger partial charge on any atom is 0.194 e. The van der Waals surface area contributed by atoms with E-state index < -0.39 is 0 Å². The van der Waals surface area contributed by atoms with E-state index >= 15 is 0 Å². The third-order valence-corrected chi connectivity index (χ3v) is 1.91. The van der Waals surface area contributed by atoms with Crippen molar-refractivity contribution in [3.63, 3.8) is 0 Å². The summed E-state index contributed by atoms with van der Waals surface area (Å²) in [6.45, 7) is 0.978. The summed E-state index contributed by atoms with van der Waals surface area (Å²) >= 11 is 0. The Hall–Kier alpha value is -1.16. The Bertz CT molecular complexity index is 269. The van der Waals surface area contributed by atoms with Gasteiger partial charge in [-0.25, -0.2) is 0 Å². The third kappa shape index (κ3) is 2.99. The molecule has 1 heterocycles. The number of aryl methyl sites for hydroxylation is 1. The van der Waals surface area contributed by atoms with Crippen molar-refractivity contribution in [2.24, 2.45) is 0 Å². The molecule has 1 aromatic rings. The first kappa shape index (κ1) is 9.92. The minimum absolute atomic E-state index is 0.0253. The molecule has 0 aliphatic carbocycles. The summed E-state index contributed by atoms with van der Waals surface area (Å²) in [5, 5.41) is 18.3. The topological polar surface area (TPSA) is 59.5 Å². The van der Waals surface area contributed by atoms with Crippen molar-refractivity contribution in [3.05, 3.63) is 11.6 Å². The molecule has 13 heavy (non-hydrogen) atoms. The molecule has 0 fully saturated rings. The van der Waals surface area contributed by atoms with Crippen LogP contribution in [-0.4, -0.2) is 40.7 Å². The molecule has 1 rings (SSSR count). The molecular formula is C9H16N2O2. The Morgan fingerprint density at radius 1 is 1.38 bits per heavy atom. The highest BCUT2D eigenvalue weighted by atomic mass is 16.3. The Morgan fingerprint density at radius 3 is 2.54 bits per heavy atom. The van der Waals surface area contributed by atoms with Crippen molar-refractivity contribution in [2.75, 3.05) is 20.6 Å². The highest BCUT2D eigenvalue weighted by molar-refractivity contribution is 5.32. The SMILES string of the molecule is CN(C)CCCc1cc(O)[nH]c1O. The van der Waals surface area contributed by atoms with Gasteiger partial charge in [0.2, 0.25) is 0 Å². The monoisotopic (exact) mass is 184 g/mol. The second-order valence-corrected chi connectivity index (χ2v) is 3.44. The quantitative estimate of drug-likeness (QED) is 0.652. The Balaban J connectivity index is 2.40. The molecule has 0 saturated carbocycles.